The Morgan fingerprint density at radius 1 is 1.00 bits per heavy atom. The van der Waals surface area contributed by atoms with Gasteiger partial charge in [0.1, 0.15) is 6.04 Å². The van der Waals surface area contributed by atoms with E-state index in [0.717, 1.165) is 22.9 Å². The summed E-state index contributed by atoms with van der Waals surface area (Å²) in [6.07, 6.45) is 1.92. The van der Waals surface area contributed by atoms with E-state index in [2.05, 4.69) is 5.32 Å². The molecule has 7 nitrogen and oxygen atoms in total. The number of amides is 2. The van der Waals surface area contributed by atoms with Gasteiger partial charge in [-0.2, -0.15) is 0 Å². The predicted octanol–water partition coefficient (Wildman–Crippen LogP) is 5.88. The van der Waals surface area contributed by atoms with Crippen LogP contribution in [-0.4, -0.2) is 49.5 Å². The molecule has 0 fully saturated rings. The number of rotatable bonds is 11. The molecule has 1 N–H and O–H groups in total. The molecule has 0 saturated carbocycles. The molecular weight excluding hydrogens is 545 g/mol. The topological polar surface area (TPSA) is 86.8 Å². The highest BCUT2D eigenvalue weighted by molar-refractivity contribution is 7.92. The standard InChI is InChI=1S/C28H39Cl2N3O4S/c1-8-25(27(35)31-28(4,5)6)32(18-21-12-14-23(29)24(30)17-21)26(34)10-9-15-33(38(7,36)37)22-13-11-19(2)20(3)16-22/h11-14,16-17,25H,8-10,15,18H2,1-7H3,(H,31,35)/t25-/m1/s1. The molecule has 2 rings (SSSR count). The molecule has 0 bridgehead atoms. The van der Waals surface area contributed by atoms with Crippen molar-refractivity contribution in [3.63, 3.8) is 0 Å². The van der Waals surface area contributed by atoms with Gasteiger partial charge in [-0.3, -0.25) is 13.9 Å². The summed E-state index contributed by atoms with van der Waals surface area (Å²) in [5, 5.41) is 3.73. The molecule has 0 aromatic heterocycles. The van der Waals surface area contributed by atoms with Gasteiger partial charge in [0.25, 0.3) is 0 Å². The van der Waals surface area contributed by atoms with Gasteiger partial charge in [-0.1, -0.05) is 42.3 Å². The molecule has 1 atom stereocenters. The SMILES string of the molecule is CC[C@H](C(=O)NC(C)(C)C)N(Cc1ccc(Cl)c(Cl)c1)C(=O)CCCN(c1ccc(C)c(C)c1)S(C)(=O)=O. The van der Waals surface area contributed by atoms with Crippen molar-refractivity contribution in [3.05, 3.63) is 63.1 Å². The Hall–Kier alpha value is -2.29. The zero-order valence-corrected chi connectivity index (χ0v) is 25.6. The molecule has 0 radical (unpaired) electrons. The maximum Gasteiger partial charge on any atom is 0.243 e. The number of nitrogens with one attached hydrogen (secondary N) is 1. The molecule has 2 aromatic rings. The van der Waals surface area contributed by atoms with Crippen LogP contribution in [0, 0.1) is 13.8 Å². The Bertz CT molecular complexity index is 1260. The summed E-state index contributed by atoms with van der Waals surface area (Å²) >= 11 is 12.3. The zero-order valence-electron chi connectivity index (χ0n) is 23.3. The monoisotopic (exact) mass is 583 g/mol. The molecule has 210 valence electrons. The highest BCUT2D eigenvalue weighted by atomic mass is 35.5. The number of anilines is 1. The minimum atomic E-state index is -3.56. The van der Waals surface area contributed by atoms with E-state index in [0.29, 0.717) is 22.2 Å². The largest absolute Gasteiger partial charge is 0.350 e. The van der Waals surface area contributed by atoms with Crippen LogP contribution in [0.3, 0.4) is 0 Å². The Kier molecular flexibility index (Phi) is 11.1. The molecule has 38 heavy (non-hydrogen) atoms. The summed E-state index contributed by atoms with van der Waals surface area (Å²) in [6.45, 7) is 11.7. The molecular formula is C28H39Cl2N3O4S. The van der Waals surface area contributed by atoms with E-state index < -0.39 is 21.6 Å². The second-order valence-electron chi connectivity index (χ2n) is 10.6. The first-order valence-electron chi connectivity index (χ1n) is 12.6. The predicted molar refractivity (Wildman–Crippen MR) is 156 cm³/mol. The van der Waals surface area contributed by atoms with Crippen molar-refractivity contribution < 1.29 is 18.0 Å². The molecule has 10 heteroatoms. The van der Waals surface area contributed by atoms with Crippen LogP contribution in [0.4, 0.5) is 5.69 Å². The first kappa shape index (κ1) is 31.9. The molecule has 2 aromatic carbocycles. The minimum Gasteiger partial charge on any atom is -0.350 e. The average Bonchev–Trinajstić information content (AvgIpc) is 2.78. The molecule has 0 spiro atoms. The lowest BCUT2D eigenvalue weighted by Gasteiger charge is -2.33. The van der Waals surface area contributed by atoms with Crippen molar-refractivity contribution in [2.45, 2.75) is 78.9 Å². The van der Waals surface area contributed by atoms with Gasteiger partial charge in [0.15, 0.2) is 0 Å². The van der Waals surface area contributed by atoms with Gasteiger partial charge in [-0.25, -0.2) is 8.42 Å². The van der Waals surface area contributed by atoms with Crippen molar-refractivity contribution in [3.8, 4) is 0 Å². The van der Waals surface area contributed by atoms with Crippen molar-refractivity contribution in [1.29, 1.82) is 0 Å². The lowest BCUT2D eigenvalue weighted by molar-refractivity contribution is -0.142. The minimum absolute atomic E-state index is 0.0669. The molecule has 0 saturated heterocycles. The van der Waals surface area contributed by atoms with Gasteiger partial charge >= 0.3 is 0 Å². The van der Waals surface area contributed by atoms with E-state index in [1.54, 1.807) is 29.2 Å². The van der Waals surface area contributed by atoms with Gasteiger partial charge in [0, 0.05) is 25.0 Å². The van der Waals surface area contributed by atoms with Crippen LogP contribution >= 0.6 is 23.2 Å². The third-order valence-electron chi connectivity index (χ3n) is 6.15. The van der Waals surface area contributed by atoms with Crippen LogP contribution in [0.25, 0.3) is 0 Å². The summed E-state index contributed by atoms with van der Waals surface area (Å²) < 4.78 is 26.5. The number of carbonyl (C=O) groups excluding carboxylic acids is 2. The number of nitrogens with zero attached hydrogens (tertiary/aromatic N) is 2. The van der Waals surface area contributed by atoms with E-state index in [1.165, 1.54) is 4.31 Å². The third-order valence-corrected chi connectivity index (χ3v) is 8.08. The molecule has 2 amide bonds. The average molecular weight is 585 g/mol. The fraction of sp³-hybridized carbons (Fsp3) is 0.500. The number of aryl methyl sites for hydroxylation is 2. The van der Waals surface area contributed by atoms with Crippen molar-refractivity contribution >= 4 is 50.7 Å². The normalized spacial score (nSPS) is 12.7. The maximum atomic E-state index is 13.6. The van der Waals surface area contributed by atoms with E-state index in [-0.39, 0.29) is 37.7 Å². The third kappa shape index (κ3) is 9.17. The van der Waals surface area contributed by atoms with Gasteiger partial charge in [-0.15, -0.1) is 0 Å². The highest BCUT2D eigenvalue weighted by Gasteiger charge is 2.31. The Labute approximate surface area is 237 Å². The van der Waals surface area contributed by atoms with E-state index in [4.69, 9.17) is 23.2 Å². The number of benzene rings is 2. The van der Waals surface area contributed by atoms with E-state index in [9.17, 15) is 18.0 Å². The quantitative estimate of drug-likeness (QED) is 0.358. The molecule has 0 unspecified atom stereocenters. The van der Waals surface area contributed by atoms with Gasteiger partial charge in [0.05, 0.1) is 22.0 Å². The lowest BCUT2D eigenvalue weighted by atomic mass is 10.0. The van der Waals surface area contributed by atoms with Crippen LogP contribution in [0.2, 0.25) is 10.0 Å². The molecule has 0 aliphatic carbocycles. The number of hydrogen-bond acceptors (Lipinski definition) is 4. The van der Waals surface area contributed by atoms with Crippen LogP contribution in [-0.2, 0) is 26.2 Å². The first-order chi connectivity index (χ1) is 17.5. The highest BCUT2D eigenvalue weighted by Crippen LogP contribution is 2.25. The van der Waals surface area contributed by atoms with Gasteiger partial charge in [0.2, 0.25) is 21.8 Å². The smallest absolute Gasteiger partial charge is 0.243 e. The number of halogens is 2. The first-order valence-corrected chi connectivity index (χ1v) is 15.2. The van der Waals surface area contributed by atoms with Gasteiger partial charge < -0.3 is 10.2 Å². The van der Waals surface area contributed by atoms with Gasteiger partial charge in [-0.05, 0) is 88.4 Å². The van der Waals surface area contributed by atoms with Crippen LogP contribution < -0.4 is 9.62 Å². The number of sulfonamides is 1. The number of carbonyl (C=O) groups is 2. The summed E-state index contributed by atoms with van der Waals surface area (Å²) in [4.78, 5) is 28.3. The Morgan fingerprint density at radius 3 is 2.18 bits per heavy atom. The Balaban J connectivity index is 2.28. The van der Waals surface area contributed by atoms with Crippen LogP contribution in [0.15, 0.2) is 36.4 Å². The molecule has 0 aliphatic heterocycles. The van der Waals surface area contributed by atoms with Crippen LogP contribution in [0.1, 0.15) is 63.6 Å². The van der Waals surface area contributed by atoms with Crippen molar-refractivity contribution in [2.24, 2.45) is 0 Å². The van der Waals surface area contributed by atoms with E-state index >= 15 is 0 Å². The Morgan fingerprint density at radius 2 is 1.66 bits per heavy atom. The van der Waals surface area contributed by atoms with Crippen molar-refractivity contribution in [1.82, 2.24) is 10.2 Å². The lowest BCUT2D eigenvalue weighted by Crippen LogP contribution is -2.53. The van der Waals surface area contributed by atoms with E-state index in [1.807, 2.05) is 53.7 Å². The molecule has 0 heterocycles. The summed E-state index contributed by atoms with van der Waals surface area (Å²) in [7, 11) is -3.56. The van der Waals surface area contributed by atoms with Crippen LogP contribution in [0.5, 0.6) is 0 Å². The summed E-state index contributed by atoms with van der Waals surface area (Å²) in [5.41, 5.74) is 2.88. The fourth-order valence-corrected chi connectivity index (χ4v) is 5.37. The second-order valence-corrected chi connectivity index (χ2v) is 13.4. The maximum absolute atomic E-state index is 13.6. The summed E-state index contributed by atoms with van der Waals surface area (Å²) in [6, 6.07) is 9.89. The fourth-order valence-electron chi connectivity index (χ4n) is 4.09. The van der Waals surface area contributed by atoms with Crippen molar-refractivity contribution in [2.75, 3.05) is 17.1 Å². The molecule has 0 aliphatic rings. The second kappa shape index (κ2) is 13.2. The zero-order chi connectivity index (χ0) is 28.8. The summed E-state index contributed by atoms with van der Waals surface area (Å²) in [5.74, 6) is -0.498. The number of hydrogen-bond donors (Lipinski definition) is 1.